The highest BCUT2D eigenvalue weighted by Crippen LogP contribution is 2.42. The van der Waals surface area contributed by atoms with Crippen LogP contribution in [0.25, 0.3) is 60.8 Å². The maximum atomic E-state index is 6.43. The van der Waals surface area contributed by atoms with Crippen molar-refractivity contribution in [3.05, 3.63) is 158 Å². The summed E-state index contributed by atoms with van der Waals surface area (Å²) in [6.07, 6.45) is 3.79. The van der Waals surface area contributed by atoms with Crippen LogP contribution >= 0.6 is 0 Å². The molecule has 0 fully saturated rings. The minimum absolute atomic E-state index is 0.673. The van der Waals surface area contributed by atoms with Gasteiger partial charge < -0.3 is 13.9 Å². The largest absolute Gasteiger partial charge is 0.454 e. The standard InChI is InChI=1S/C40H26N4O/c1-3-12-28(13-4-1)43(37-20-11-18-33-32-17-8-10-21-38(32)45-39(33)37)30-25-41-40(42-26-30)27-22-23-36-34(24-27)31-16-7-9-19-35(31)44(36)29-14-5-2-6-15-29/h1-26H. The number of aromatic nitrogens is 3. The van der Waals surface area contributed by atoms with E-state index in [2.05, 4.69) is 113 Å². The number of hydrogen-bond donors (Lipinski definition) is 0. The van der Waals surface area contributed by atoms with E-state index in [1.807, 2.05) is 54.9 Å². The smallest absolute Gasteiger partial charge is 0.159 e. The third-order valence-corrected chi connectivity index (χ3v) is 8.48. The zero-order valence-corrected chi connectivity index (χ0v) is 24.2. The third kappa shape index (κ3) is 4.09. The predicted molar refractivity (Wildman–Crippen MR) is 184 cm³/mol. The molecule has 0 unspecified atom stereocenters. The first kappa shape index (κ1) is 25.3. The number of para-hydroxylation sites is 5. The van der Waals surface area contributed by atoms with Crippen molar-refractivity contribution in [3.8, 4) is 17.1 Å². The van der Waals surface area contributed by atoms with Crippen molar-refractivity contribution in [1.82, 2.24) is 14.5 Å². The third-order valence-electron chi connectivity index (χ3n) is 8.48. The van der Waals surface area contributed by atoms with Gasteiger partial charge >= 0.3 is 0 Å². The summed E-state index contributed by atoms with van der Waals surface area (Å²) in [5, 5.41) is 4.54. The molecule has 9 rings (SSSR count). The van der Waals surface area contributed by atoms with Crippen LogP contribution in [0.15, 0.2) is 162 Å². The van der Waals surface area contributed by atoms with Crippen molar-refractivity contribution in [1.29, 1.82) is 0 Å². The Balaban J connectivity index is 1.17. The van der Waals surface area contributed by atoms with Gasteiger partial charge in [0.25, 0.3) is 0 Å². The van der Waals surface area contributed by atoms with Gasteiger partial charge in [-0.1, -0.05) is 84.9 Å². The number of fused-ring (bicyclic) bond motifs is 6. The molecule has 0 aliphatic rings. The van der Waals surface area contributed by atoms with Crippen LogP contribution in [0, 0.1) is 0 Å². The normalized spacial score (nSPS) is 11.6. The summed E-state index contributed by atoms with van der Waals surface area (Å²) in [6.45, 7) is 0. The highest BCUT2D eigenvalue weighted by molar-refractivity contribution is 6.11. The molecule has 0 saturated carbocycles. The zero-order chi connectivity index (χ0) is 29.7. The average molecular weight is 579 g/mol. The summed E-state index contributed by atoms with van der Waals surface area (Å²) in [7, 11) is 0. The second-order valence-electron chi connectivity index (χ2n) is 11.1. The van der Waals surface area contributed by atoms with Crippen LogP contribution in [0.3, 0.4) is 0 Å². The Kier molecular flexibility index (Phi) is 5.74. The van der Waals surface area contributed by atoms with Crippen LogP contribution in [0.4, 0.5) is 17.1 Å². The monoisotopic (exact) mass is 578 g/mol. The first-order valence-electron chi connectivity index (χ1n) is 15.0. The highest BCUT2D eigenvalue weighted by Gasteiger charge is 2.20. The Bertz CT molecular complexity index is 2480. The molecule has 0 bridgehead atoms. The SMILES string of the molecule is c1ccc(N(c2cnc(-c3ccc4c(c3)c3ccccc3n4-c3ccccc3)nc2)c2cccc3c2oc2ccccc23)cc1. The van der Waals surface area contributed by atoms with Crippen molar-refractivity contribution >= 4 is 60.8 Å². The van der Waals surface area contributed by atoms with Gasteiger partial charge in [-0.25, -0.2) is 9.97 Å². The maximum absolute atomic E-state index is 6.43. The predicted octanol–water partition coefficient (Wildman–Crippen LogP) is 10.6. The summed E-state index contributed by atoms with van der Waals surface area (Å²) in [4.78, 5) is 12.0. The highest BCUT2D eigenvalue weighted by atomic mass is 16.3. The summed E-state index contributed by atoms with van der Waals surface area (Å²) in [5.74, 6) is 0.673. The van der Waals surface area contributed by atoms with Gasteiger partial charge in [-0.2, -0.15) is 0 Å². The van der Waals surface area contributed by atoms with E-state index in [4.69, 9.17) is 14.4 Å². The van der Waals surface area contributed by atoms with Gasteiger partial charge in [0, 0.05) is 38.5 Å². The minimum Gasteiger partial charge on any atom is -0.454 e. The molecule has 0 saturated heterocycles. The molecule has 0 aliphatic carbocycles. The Hall–Kier alpha value is -6.20. The van der Waals surface area contributed by atoms with E-state index in [0.717, 1.165) is 55.8 Å². The molecule has 5 nitrogen and oxygen atoms in total. The molecule has 6 aromatic carbocycles. The first-order chi connectivity index (χ1) is 22.3. The molecule has 3 aromatic heterocycles. The maximum Gasteiger partial charge on any atom is 0.159 e. The fourth-order valence-corrected chi connectivity index (χ4v) is 6.47. The molecule has 3 heterocycles. The van der Waals surface area contributed by atoms with Gasteiger partial charge in [0.05, 0.1) is 34.8 Å². The second-order valence-corrected chi connectivity index (χ2v) is 11.1. The van der Waals surface area contributed by atoms with Gasteiger partial charge in [0.1, 0.15) is 5.58 Å². The molecule has 45 heavy (non-hydrogen) atoms. The Morgan fingerprint density at radius 2 is 1.18 bits per heavy atom. The van der Waals surface area contributed by atoms with Crippen LogP contribution < -0.4 is 4.90 Å². The molecule has 0 spiro atoms. The molecule has 0 aliphatic heterocycles. The van der Waals surface area contributed by atoms with Crippen molar-refractivity contribution < 1.29 is 4.42 Å². The molecule has 0 atom stereocenters. The molecule has 0 N–H and O–H groups in total. The fourth-order valence-electron chi connectivity index (χ4n) is 6.47. The lowest BCUT2D eigenvalue weighted by Gasteiger charge is -2.24. The van der Waals surface area contributed by atoms with Crippen molar-refractivity contribution in [2.24, 2.45) is 0 Å². The molecule has 0 radical (unpaired) electrons. The fraction of sp³-hybridized carbons (Fsp3) is 0. The van der Waals surface area contributed by atoms with Gasteiger partial charge in [0.15, 0.2) is 11.4 Å². The first-order valence-corrected chi connectivity index (χ1v) is 15.0. The Morgan fingerprint density at radius 3 is 2.00 bits per heavy atom. The van der Waals surface area contributed by atoms with Crippen molar-refractivity contribution in [3.63, 3.8) is 0 Å². The number of benzene rings is 6. The van der Waals surface area contributed by atoms with E-state index in [0.29, 0.717) is 5.82 Å². The van der Waals surface area contributed by atoms with E-state index in [1.165, 1.54) is 16.3 Å². The Labute approximate surface area is 259 Å². The number of furan rings is 1. The molecule has 212 valence electrons. The van der Waals surface area contributed by atoms with E-state index in [1.54, 1.807) is 0 Å². The van der Waals surface area contributed by atoms with Gasteiger partial charge in [-0.3, -0.25) is 0 Å². The number of hydrogen-bond acceptors (Lipinski definition) is 4. The summed E-state index contributed by atoms with van der Waals surface area (Å²) in [6, 6.07) is 50.2. The summed E-state index contributed by atoms with van der Waals surface area (Å²) < 4.78 is 8.74. The topological polar surface area (TPSA) is 47.1 Å². The van der Waals surface area contributed by atoms with Crippen molar-refractivity contribution in [2.45, 2.75) is 0 Å². The minimum atomic E-state index is 0.673. The number of nitrogens with zero attached hydrogens (tertiary/aromatic N) is 4. The van der Waals surface area contributed by atoms with E-state index in [9.17, 15) is 0 Å². The lowest BCUT2D eigenvalue weighted by molar-refractivity contribution is 0.669. The second kappa shape index (κ2) is 10.2. The van der Waals surface area contributed by atoms with Crippen molar-refractivity contribution in [2.75, 3.05) is 4.90 Å². The summed E-state index contributed by atoms with van der Waals surface area (Å²) in [5.41, 5.74) is 8.89. The molecule has 5 heteroatoms. The number of anilines is 3. The molecular weight excluding hydrogens is 552 g/mol. The molecule has 0 amide bonds. The number of rotatable bonds is 5. The van der Waals surface area contributed by atoms with E-state index >= 15 is 0 Å². The lowest BCUT2D eigenvalue weighted by atomic mass is 10.1. The van der Waals surface area contributed by atoms with Gasteiger partial charge in [-0.05, 0) is 60.7 Å². The molecule has 9 aromatic rings. The lowest BCUT2D eigenvalue weighted by Crippen LogP contribution is -2.11. The van der Waals surface area contributed by atoms with Gasteiger partial charge in [0.2, 0.25) is 0 Å². The van der Waals surface area contributed by atoms with Crippen LogP contribution in [0.5, 0.6) is 0 Å². The van der Waals surface area contributed by atoms with E-state index in [-0.39, 0.29) is 0 Å². The van der Waals surface area contributed by atoms with Crippen LogP contribution in [0.2, 0.25) is 0 Å². The zero-order valence-electron chi connectivity index (χ0n) is 24.2. The van der Waals surface area contributed by atoms with Crippen LogP contribution in [0.1, 0.15) is 0 Å². The average Bonchev–Trinajstić information content (AvgIpc) is 3.66. The van der Waals surface area contributed by atoms with Gasteiger partial charge in [-0.15, -0.1) is 0 Å². The quantitative estimate of drug-likeness (QED) is 0.204. The Morgan fingerprint density at radius 1 is 0.511 bits per heavy atom. The van der Waals surface area contributed by atoms with Crippen LogP contribution in [-0.4, -0.2) is 14.5 Å². The van der Waals surface area contributed by atoms with E-state index < -0.39 is 0 Å². The summed E-state index contributed by atoms with van der Waals surface area (Å²) >= 11 is 0. The van der Waals surface area contributed by atoms with Crippen LogP contribution in [-0.2, 0) is 0 Å². The molecular formula is C40H26N4O.